The predicted molar refractivity (Wildman–Crippen MR) is 111 cm³/mol. The number of hydrogen-bond acceptors (Lipinski definition) is 3. The number of ether oxygens (including phenoxy) is 1. The Morgan fingerprint density at radius 1 is 1.21 bits per heavy atom. The first-order valence-electron chi connectivity index (χ1n) is 9.20. The fraction of sp³-hybridized carbons (Fsp3) is 0.889. The first kappa shape index (κ1) is 23.5. The summed E-state index contributed by atoms with van der Waals surface area (Å²) in [6.07, 6.45) is 7.52. The van der Waals surface area contributed by atoms with E-state index in [9.17, 15) is 4.79 Å². The van der Waals surface area contributed by atoms with Crippen molar-refractivity contribution in [3.05, 3.63) is 0 Å². The smallest absolute Gasteiger partial charge is 0.308 e. The molecule has 0 saturated heterocycles. The number of nitrogens with zero attached hydrogens (tertiary/aromatic N) is 1. The molecular formula is C18H36IN3O2. The average Bonchev–Trinajstić information content (AvgIpc) is 2.54. The quantitative estimate of drug-likeness (QED) is 0.193. The van der Waals surface area contributed by atoms with Crippen LogP contribution in [-0.2, 0) is 9.53 Å². The number of hydrogen-bond donors (Lipinski definition) is 2. The van der Waals surface area contributed by atoms with E-state index in [0.29, 0.717) is 12.6 Å². The summed E-state index contributed by atoms with van der Waals surface area (Å²) >= 11 is 0. The maximum absolute atomic E-state index is 11.8. The molecule has 1 aliphatic carbocycles. The normalized spacial score (nSPS) is 21.1. The Morgan fingerprint density at radius 2 is 1.88 bits per heavy atom. The van der Waals surface area contributed by atoms with E-state index in [1.54, 1.807) is 0 Å². The summed E-state index contributed by atoms with van der Waals surface area (Å²) in [6, 6.07) is 0.405. The lowest BCUT2D eigenvalue weighted by Crippen LogP contribution is -2.45. The number of carbonyl (C=O) groups is 1. The van der Waals surface area contributed by atoms with Gasteiger partial charge in [-0.15, -0.1) is 24.0 Å². The van der Waals surface area contributed by atoms with Crippen molar-refractivity contribution in [2.45, 2.75) is 71.8 Å². The molecule has 0 bridgehead atoms. The molecule has 0 unspecified atom stereocenters. The zero-order valence-corrected chi connectivity index (χ0v) is 18.1. The summed E-state index contributed by atoms with van der Waals surface area (Å²) in [7, 11) is 1.81. The van der Waals surface area contributed by atoms with Gasteiger partial charge in [0.15, 0.2) is 5.96 Å². The molecule has 6 heteroatoms. The van der Waals surface area contributed by atoms with E-state index in [1.807, 2.05) is 14.0 Å². The van der Waals surface area contributed by atoms with Crippen molar-refractivity contribution in [1.82, 2.24) is 10.6 Å². The fourth-order valence-electron chi connectivity index (χ4n) is 3.01. The predicted octanol–water partition coefficient (Wildman–Crippen LogP) is 3.72. The molecule has 0 aromatic heterocycles. The Morgan fingerprint density at radius 3 is 2.42 bits per heavy atom. The lowest BCUT2D eigenvalue weighted by atomic mass is 9.86. The van der Waals surface area contributed by atoms with Crippen LogP contribution in [0.25, 0.3) is 0 Å². The number of carbonyl (C=O) groups excluding carboxylic acids is 1. The standard InChI is InChI=1S/C18H35N3O2.HI/c1-5-23-17(22)15-9-11-16(12-10-15)21-18(19-4)20-13-7-6-8-14(2)3;/h14-16H,5-13H2,1-4H3,(H2,19,20,21);1H. The number of guanidine groups is 1. The van der Waals surface area contributed by atoms with Crippen molar-refractivity contribution in [3.63, 3.8) is 0 Å². The minimum absolute atomic E-state index is 0. The Hall–Kier alpha value is -0.530. The summed E-state index contributed by atoms with van der Waals surface area (Å²) in [5.41, 5.74) is 0. The molecule has 0 atom stereocenters. The van der Waals surface area contributed by atoms with Gasteiger partial charge in [-0.2, -0.15) is 0 Å². The highest BCUT2D eigenvalue weighted by molar-refractivity contribution is 14.0. The highest BCUT2D eigenvalue weighted by atomic mass is 127. The minimum Gasteiger partial charge on any atom is -0.466 e. The van der Waals surface area contributed by atoms with E-state index in [4.69, 9.17) is 4.74 Å². The van der Waals surface area contributed by atoms with Gasteiger partial charge < -0.3 is 15.4 Å². The zero-order chi connectivity index (χ0) is 17.1. The largest absolute Gasteiger partial charge is 0.466 e. The second kappa shape index (κ2) is 13.7. The van der Waals surface area contributed by atoms with E-state index >= 15 is 0 Å². The first-order chi connectivity index (χ1) is 11.1. The van der Waals surface area contributed by atoms with Gasteiger partial charge in [-0.1, -0.05) is 26.7 Å². The van der Waals surface area contributed by atoms with Crippen LogP contribution in [0.1, 0.15) is 65.7 Å². The van der Waals surface area contributed by atoms with Crippen LogP contribution in [-0.4, -0.2) is 38.2 Å². The monoisotopic (exact) mass is 453 g/mol. The van der Waals surface area contributed by atoms with Gasteiger partial charge in [0.1, 0.15) is 0 Å². The summed E-state index contributed by atoms with van der Waals surface area (Å²) in [5.74, 6) is 1.72. The number of aliphatic imine (C=N–C) groups is 1. The topological polar surface area (TPSA) is 62.7 Å². The van der Waals surface area contributed by atoms with Crippen LogP contribution >= 0.6 is 24.0 Å². The van der Waals surface area contributed by atoms with Crippen LogP contribution in [0.15, 0.2) is 4.99 Å². The summed E-state index contributed by atoms with van der Waals surface area (Å²) < 4.78 is 5.12. The Kier molecular flexibility index (Phi) is 13.4. The van der Waals surface area contributed by atoms with Gasteiger partial charge >= 0.3 is 5.97 Å². The van der Waals surface area contributed by atoms with E-state index in [0.717, 1.165) is 44.1 Å². The molecule has 1 saturated carbocycles. The molecule has 0 aromatic rings. The van der Waals surface area contributed by atoms with Crippen LogP contribution in [0.2, 0.25) is 0 Å². The summed E-state index contributed by atoms with van der Waals surface area (Å²) in [4.78, 5) is 16.1. The van der Waals surface area contributed by atoms with Crippen molar-refractivity contribution in [3.8, 4) is 0 Å². The molecule has 2 N–H and O–H groups in total. The minimum atomic E-state index is -0.0291. The summed E-state index contributed by atoms with van der Waals surface area (Å²) in [6.45, 7) is 7.83. The van der Waals surface area contributed by atoms with Crippen LogP contribution < -0.4 is 10.6 Å². The molecule has 5 nitrogen and oxygen atoms in total. The van der Waals surface area contributed by atoms with Gasteiger partial charge in [0, 0.05) is 19.6 Å². The molecule has 24 heavy (non-hydrogen) atoms. The molecule has 0 aromatic carbocycles. The fourth-order valence-corrected chi connectivity index (χ4v) is 3.01. The highest BCUT2D eigenvalue weighted by Crippen LogP contribution is 2.25. The molecule has 0 amide bonds. The van der Waals surface area contributed by atoms with E-state index in [2.05, 4.69) is 29.5 Å². The number of halogens is 1. The van der Waals surface area contributed by atoms with Crippen molar-refractivity contribution >= 4 is 35.9 Å². The molecule has 1 aliphatic rings. The van der Waals surface area contributed by atoms with Gasteiger partial charge in [-0.3, -0.25) is 9.79 Å². The number of nitrogens with one attached hydrogen (secondary N) is 2. The van der Waals surface area contributed by atoms with Crippen molar-refractivity contribution in [2.24, 2.45) is 16.8 Å². The molecule has 0 aliphatic heterocycles. The number of esters is 1. The van der Waals surface area contributed by atoms with E-state index in [-0.39, 0.29) is 35.9 Å². The molecule has 1 rings (SSSR count). The maximum atomic E-state index is 11.8. The third-order valence-electron chi connectivity index (χ3n) is 4.41. The van der Waals surface area contributed by atoms with Gasteiger partial charge in [0.2, 0.25) is 0 Å². The first-order valence-corrected chi connectivity index (χ1v) is 9.20. The van der Waals surface area contributed by atoms with E-state index in [1.165, 1.54) is 19.3 Å². The summed E-state index contributed by atoms with van der Waals surface area (Å²) in [5, 5.41) is 6.88. The van der Waals surface area contributed by atoms with Gasteiger partial charge in [-0.25, -0.2) is 0 Å². The lowest BCUT2D eigenvalue weighted by Gasteiger charge is -2.29. The molecule has 1 fully saturated rings. The molecule has 142 valence electrons. The zero-order valence-electron chi connectivity index (χ0n) is 15.8. The Bertz CT molecular complexity index is 367. The van der Waals surface area contributed by atoms with Gasteiger partial charge in [-0.05, 0) is 44.9 Å². The van der Waals surface area contributed by atoms with Crippen molar-refractivity contribution in [1.29, 1.82) is 0 Å². The Labute approximate surface area is 164 Å². The third-order valence-corrected chi connectivity index (χ3v) is 4.41. The highest BCUT2D eigenvalue weighted by Gasteiger charge is 2.27. The molecular weight excluding hydrogens is 417 g/mol. The van der Waals surface area contributed by atoms with Crippen LogP contribution in [0.5, 0.6) is 0 Å². The van der Waals surface area contributed by atoms with Crippen LogP contribution in [0.4, 0.5) is 0 Å². The second-order valence-electron chi connectivity index (χ2n) is 6.83. The van der Waals surface area contributed by atoms with E-state index < -0.39 is 0 Å². The number of rotatable bonds is 8. The average molecular weight is 453 g/mol. The Balaban J connectivity index is 0.00000529. The molecule has 0 radical (unpaired) electrons. The van der Waals surface area contributed by atoms with Crippen LogP contribution in [0, 0.1) is 11.8 Å². The second-order valence-corrected chi connectivity index (χ2v) is 6.83. The maximum Gasteiger partial charge on any atom is 0.308 e. The van der Waals surface area contributed by atoms with Gasteiger partial charge in [0.05, 0.1) is 12.5 Å². The number of unbranched alkanes of at least 4 members (excludes halogenated alkanes) is 1. The van der Waals surface area contributed by atoms with Crippen molar-refractivity contribution in [2.75, 3.05) is 20.2 Å². The lowest BCUT2D eigenvalue weighted by molar-refractivity contribution is -0.149. The molecule has 0 heterocycles. The SMILES string of the molecule is CCOC(=O)C1CCC(NC(=NC)NCCCCC(C)C)CC1.I. The van der Waals surface area contributed by atoms with Gasteiger partial charge in [0.25, 0.3) is 0 Å². The van der Waals surface area contributed by atoms with Crippen molar-refractivity contribution < 1.29 is 9.53 Å². The van der Waals surface area contributed by atoms with Crippen LogP contribution in [0.3, 0.4) is 0 Å². The third kappa shape index (κ3) is 9.69. The molecule has 0 spiro atoms.